The number of nitrogens with one attached hydrogen (secondary N) is 3. The Labute approximate surface area is 122 Å². The Balaban J connectivity index is 2.18. The van der Waals surface area contributed by atoms with Crippen LogP contribution >= 0.6 is 0 Å². The van der Waals surface area contributed by atoms with Crippen LogP contribution < -0.4 is 16.6 Å². The molecule has 0 bridgehead atoms. The molecule has 1 fully saturated rings. The zero-order valence-electron chi connectivity index (χ0n) is 12.4. The van der Waals surface area contributed by atoms with E-state index >= 15 is 0 Å². The van der Waals surface area contributed by atoms with Gasteiger partial charge in [0.2, 0.25) is 0 Å². The van der Waals surface area contributed by atoms with Gasteiger partial charge in [0.05, 0.1) is 0 Å². The molecule has 7 heteroatoms. The van der Waals surface area contributed by atoms with E-state index in [2.05, 4.69) is 15.3 Å². The molecule has 1 aliphatic rings. The van der Waals surface area contributed by atoms with Crippen LogP contribution in [0.5, 0.6) is 0 Å². The van der Waals surface area contributed by atoms with E-state index in [1.807, 2.05) is 13.8 Å². The van der Waals surface area contributed by atoms with Gasteiger partial charge in [-0.2, -0.15) is 0 Å². The smallest absolute Gasteiger partial charge is 0.325 e. The number of rotatable bonds is 4. The van der Waals surface area contributed by atoms with Crippen molar-refractivity contribution >= 4 is 5.91 Å². The molecular formula is C14H22N4O3. The van der Waals surface area contributed by atoms with Crippen LogP contribution in [0.1, 0.15) is 37.0 Å². The number of aromatic nitrogens is 2. The molecule has 1 atom stereocenters. The molecule has 21 heavy (non-hydrogen) atoms. The van der Waals surface area contributed by atoms with Gasteiger partial charge < -0.3 is 15.2 Å². The molecule has 116 valence electrons. The van der Waals surface area contributed by atoms with Crippen molar-refractivity contribution in [2.45, 2.75) is 32.7 Å². The number of carbonyl (C=O) groups excluding carboxylic acids is 1. The first-order chi connectivity index (χ1) is 9.99. The Bertz CT molecular complexity index is 599. The van der Waals surface area contributed by atoms with E-state index in [-0.39, 0.29) is 17.5 Å². The van der Waals surface area contributed by atoms with E-state index in [0.717, 1.165) is 25.9 Å². The van der Waals surface area contributed by atoms with E-state index in [0.29, 0.717) is 12.5 Å². The maximum Gasteiger partial charge on any atom is 0.325 e. The Morgan fingerprint density at radius 1 is 1.43 bits per heavy atom. The van der Waals surface area contributed by atoms with Gasteiger partial charge in [-0.1, -0.05) is 0 Å². The number of H-pyrrole nitrogens is 2. The molecule has 0 spiro atoms. The SMILES string of the molecule is CC(C)N(CC1CCCNC1)C(=O)c1c[nH]c(=O)[nH]c1=O. The average molecular weight is 294 g/mol. The summed E-state index contributed by atoms with van der Waals surface area (Å²) in [5.41, 5.74) is -1.27. The van der Waals surface area contributed by atoms with Crippen LogP contribution in [-0.2, 0) is 0 Å². The minimum absolute atomic E-state index is 0.00856. The zero-order chi connectivity index (χ0) is 15.4. The van der Waals surface area contributed by atoms with Gasteiger partial charge in [-0.05, 0) is 45.7 Å². The maximum absolute atomic E-state index is 12.6. The summed E-state index contributed by atoms with van der Waals surface area (Å²) in [5.74, 6) is 0.0556. The topological polar surface area (TPSA) is 98.1 Å². The molecule has 1 amide bonds. The molecule has 2 heterocycles. The minimum Gasteiger partial charge on any atom is -0.336 e. The standard InChI is InChI=1S/C14H22N4O3/c1-9(2)18(8-10-4-3-5-15-6-10)13(20)11-7-16-14(21)17-12(11)19/h7,9-10,15H,3-6,8H2,1-2H3,(H2,16,17,19,21). The lowest BCUT2D eigenvalue weighted by Gasteiger charge is -2.32. The first kappa shape index (κ1) is 15.5. The first-order valence-electron chi connectivity index (χ1n) is 7.32. The second-order valence-electron chi connectivity index (χ2n) is 5.75. The Morgan fingerprint density at radius 2 is 2.19 bits per heavy atom. The molecule has 0 radical (unpaired) electrons. The molecule has 1 saturated heterocycles. The van der Waals surface area contributed by atoms with Crippen molar-refractivity contribution < 1.29 is 4.79 Å². The molecule has 7 nitrogen and oxygen atoms in total. The Kier molecular flexibility index (Phi) is 4.95. The van der Waals surface area contributed by atoms with E-state index in [1.54, 1.807) is 4.90 Å². The van der Waals surface area contributed by atoms with Crippen LogP contribution in [0.25, 0.3) is 0 Å². The molecule has 0 aliphatic carbocycles. The van der Waals surface area contributed by atoms with Gasteiger partial charge in [0.25, 0.3) is 11.5 Å². The van der Waals surface area contributed by atoms with E-state index in [4.69, 9.17) is 0 Å². The highest BCUT2D eigenvalue weighted by atomic mass is 16.2. The lowest BCUT2D eigenvalue weighted by Crippen LogP contribution is -2.46. The summed E-state index contributed by atoms with van der Waals surface area (Å²) in [5, 5.41) is 3.32. The maximum atomic E-state index is 12.6. The zero-order valence-corrected chi connectivity index (χ0v) is 12.4. The van der Waals surface area contributed by atoms with Gasteiger partial charge in [-0.3, -0.25) is 14.6 Å². The number of aromatic amines is 2. The average Bonchev–Trinajstić information content (AvgIpc) is 2.45. The molecule has 1 aromatic heterocycles. The molecular weight excluding hydrogens is 272 g/mol. The number of carbonyl (C=O) groups is 1. The molecule has 0 aromatic carbocycles. The highest BCUT2D eigenvalue weighted by Gasteiger charge is 2.25. The minimum atomic E-state index is -0.642. The number of hydrogen-bond donors (Lipinski definition) is 3. The number of hydrogen-bond acceptors (Lipinski definition) is 4. The second-order valence-corrected chi connectivity index (χ2v) is 5.75. The molecule has 1 aliphatic heterocycles. The summed E-state index contributed by atoms with van der Waals surface area (Å²) < 4.78 is 0. The van der Waals surface area contributed by atoms with E-state index in [9.17, 15) is 14.4 Å². The molecule has 2 rings (SSSR count). The fourth-order valence-corrected chi connectivity index (χ4v) is 2.61. The number of nitrogens with zero attached hydrogens (tertiary/aromatic N) is 1. The summed E-state index contributed by atoms with van der Waals surface area (Å²) in [6.45, 7) is 6.37. The van der Waals surface area contributed by atoms with Crippen molar-refractivity contribution in [2.75, 3.05) is 19.6 Å². The highest BCUT2D eigenvalue weighted by molar-refractivity contribution is 5.93. The number of piperidine rings is 1. The summed E-state index contributed by atoms with van der Waals surface area (Å²) in [6.07, 6.45) is 3.37. The first-order valence-corrected chi connectivity index (χ1v) is 7.32. The summed E-state index contributed by atoms with van der Waals surface area (Å²) >= 11 is 0. The third kappa shape index (κ3) is 3.81. The fraction of sp³-hybridized carbons (Fsp3) is 0.643. The van der Waals surface area contributed by atoms with Gasteiger partial charge >= 0.3 is 5.69 Å². The lowest BCUT2D eigenvalue weighted by molar-refractivity contribution is 0.0658. The van der Waals surface area contributed by atoms with Crippen LogP contribution in [0.3, 0.4) is 0 Å². The fourth-order valence-electron chi connectivity index (χ4n) is 2.61. The third-order valence-electron chi connectivity index (χ3n) is 3.79. The van der Waals surface area contributed by atoms with Crippen LogP contribution in [0, 0.1) is 5.92 Å². The van der Waals surface area contributed by atoms with Gasteiger partial charge in [0.15, 0.2) is 0 Å². The predicted octanol–water partition coefficient (Wildman–Crippen LogP) is -0.0866. The van der Waals surface area contributed by atoms with Crippen molar-refractivity contribution in [1.82, 2.24) is 20.2 Å². The molecule has 3 N–H and O–H groups in total. The normalized spacial score (nSPS) is 18.7. The number of amides is 1. The Hall–Kier alpha value is -1.89. The lowest BCUT2D eigenvalue weighted by atomic mass is 9.98. The van der Waals surface area contributed by atoms with Crippen molar-refractivity contribution in [1.29, 1.82) is 0 Å². The third-order valence-corrected chi connectivity index (χ3v) is 3.79. The molecule has 0 saturated carbocycles. The van der Waals surface area contributed by atoms with Crippen molar-refractivity contribution in [3.63, 3.8) is 0 Å². The summed E-state index contributed by atoms with van der Waals surface area (Å²) in [7, 11) is 0. The quantitative estimate of drug-likeness (QED) is 0.723. The summed E-state index contributed by atoms with van der Waals surface area (Å²) in [6, 6.07) is -0.00856. The van der Waals surface area contributed by atoms with Gasteiger partial charge in [-0.25, -0.2) is 4.79 Å². The van der Waals surface area contributed by atoms with Gasteiger partial charge in [-0.15, -0.1) is 0 Å². The van der Waals surface area contributed by atoms with Crippen LogP contribution in [0.15, 0.2) is 15.8 Å². The van der Waals surface area contributed by atoms with Crippen LogP contribution in [-0.4, -0.2) is 46.5 Å². The van der Waals surface area contributed by atoms with E-state index < -0.39 is 11.2 Å². The monoisotopic (exact) mass is 294 g/mol. The Morgan fingerprint density at radius 3 is 2.76 bits per heavy atom. The summed E-state index contributed by atoms with van der Waals surface area (Å²) in [4.78, 5) is 41.5. The van der Waals surface area contributed by atoms with Crippen molar-refractivity contribution in [3.8, 4) is 0 Å². The second kappa shape index (κ2) is 6.71. The predicted molar refractivity (Wildman–Crippen MR) is 79.4 cm³/mol. The van der Waals surface area contributed by atoms with Crippen molar-refractivity contribution in [2.24, 2.45) is 5.92 Å². The van der Waals surface area contributed by atoms with Gasteiger partial charge in [0.1, 0.15) is 5.56 Å². The van der Waals surface area contributed by atoms with Crippen molar-refractivity contribution in [3.05, 3.63) is 32.6 Å². The van der Waals surface area contributed by atoms with Crippen LogP contribution in [0.4, 0.5) is 0 Å². The molecule has 1 aromatic rings. The highest BCUT2D eigenvalue weighted by Crippen LogP contribution is 2.15. The van der Waals surface area contributed by atoms with Crippen LogP contribution in [0.2, 0.25) is 0 Å². The largest absolute Gasteiger partial charge is 0.336 e. The van der Waals surface area contributed by atoms with E-state index in [1.165, 1.54) is 6.20 Å². The van der Waals surface area contributed by atoms with Gasteiger partial charge in [0, 0.05) is 18.8 Å². The molecule has 1 unspecified atom stereocenters.